The number of halogens is 1. The Bertz CT molecular complexity index is 467. The molecule has 1 aromatic carbocycles. The molecule has 110 valence electrons. The van der Waals surface area contributed by atoms with E-state index < -0.39 is 5.97 Å². The van der Waals surface area contributed by atoms with Crippen LogP contribution >= 0.6 is 11.6 Å². The second kappa shape index (κ2) is 8.39. The third-order valence-corrected chi connectivity index (χ3v) is 2.70. The third-order valence-electron chi connectivity index (χ3n) is 2.46. The van der Waals surface area contributed by atoms with Crippen LogP contribution in [0.2, 0.25) is 5.02 Å². The number of amides is 1. The van der Waals surface area contributed by atoms with Gasteiger partial charge in [-0.15, -0.1) is 0 Å². The van der Waals surface area contributed by atoms with Crippen molar-refractivity contribution in [3.8, 4) is 0 Å². The van der Waals surface area contributed by atoms with Crippen LogP contribution in [0.25, 0.3) is 0 Å². The van der Waals surface area contributed by atoms with Crippen molar-refractivity contribution in [2.75, 3.05) is 38.3 Å². The van der Waals surface area contributed by atoms with Gasteiger partial charge in [0.2, 0.25) is 5.91 Å². The molecule has 1 aromatic rings. The molecule has 0 bridgehead atoms. The summed E-state index contributed by atoms with van der Waals surface area (Å²) >= 11 is 5.87. The van der Waals surface area contributed by atoms with Crippen molar-refractivity contribution in [3.05, 3.63) is 29.3 Å². The maximum absolute atomic E-state index is 11.7. The quantitative estimate of drug-likeness (QED) is 0.700. The summed E-state index contributed by atoms with van der Waals surface area (Å²) in [7, 11) is 1.54. The van der Waals surface area contributed by atoms with Crippen LogP contribution in [0.15, 0.2) is 24.3 Å². The molecule has 0 saturated carbocycles. The van der Waals surface area contributed by atoms with E-state index in [0.717, 1.165) is 0 Å². The van der Waals surface area contributed by atoms with Gasteiger partial charge < -0.3 is 20.1 Å². The van der Waals surface area contributed by atoms with Crippen LogP contribution in [-0.4, -0.2) is 50.3 Å². The highest BCUT2D eigenvalue weighted by Gasteiger charge is 2.14. The maximum Gasteiger partial charge on any atom is 0.323 e. The molecule has 1 rings (SSSR count). The van der Waals surface area contributed by atoms with E-state index in [0.29, 0.717) is 23.9 Å². The highest BCUT2D eigenvalue weighted by molar-refractivity contribution is 6.30. The van der Waals surface area contributed by atoms with Gasteiger partial charge in [0.1, 0.15) is 6.54 Å². The van der Waals surface area contributed by atoms with Gasteiger partial charge in [0, 0.05) is 24.4 Å². The number of anilines is 1. The molecular weight excluding hydrogens is 284 g/mol. The summed E-state index contributed by atoms with van der Waals surface area (Å²) in [5.74, 6) is -1.29. The Labute approximate surface area is 122 Å². The van der Waals surface area contributed by atoms with Crippen molar-refractivity contribution in [2.45, 2.75) is 0 Å². The lowest BCUT2D eigenvalue weighted by atomic mass is 10.2. The van der Waals surface area contributed by atoms with Crippen LogP contribution in [0.5, 0.6) is 0 Å². The summed E-state index contributed by atoms with van der Waals surface area (Å²) in [5, 5.41) is 12.0. The summed E-state index contributed by atoms with van der Waals surface area (Å²) in [5.41, 5.74) is 0.585. The van der Waals surface area contributed by atoms with E-state index in [-0.39, 0.29) is 19.0 Å². The molecule has 20 heavy (non-hydrogen) atoms. The zero-order valence-corrected chi connectivity index (χ0v) is 11.9. The molecule has 0 aliphatic carbocycles. The fraction of sp³-hybridized carbons (Fsp3) is 0.385. The SMILES string of the molecule is COCCNC(=O)CN(CC(=O)O)c1cccc(Cl)c1. The Morgan fingerprint density at radius 2 is 2.15 bits per heavy atom. The molecule has 0 atom stereocenters. The summed E-state index contributed by atoms with van der Waals surface area (Å²) in [6.45, 7) is 0.446. The number of nitrogens with zero attached hydrogens (tertiary/aromatic N) is 1. The summed E-state index contributed by atoms with van der Waals surface area (Å²) in [6, 6.07) is 6.71. The molecule has 0 aromatic heterocycles. The van der Waals surface area contributed by atoms with Gasteiger partial charge in [0.15, 0.2) is 0 Å². The lowest BCUT2D eigenvalue weighted by Crippen LogP contribution is -2.40. The van der Waals surface area contributed by atoms with Crippen LogP contribution in [-0.2, 0) is 14.3 Å². The van der Waals surface area contributed by atoms with Crippen LogP contribution in [0.1, 0.15) is 0 Å². The van der Waals surface area contributed by atoms with Crippen molar-refractivity contribution in [3.63, 3.8) is 0 Å². The van der Waals surface area contributed by atoms with Gasteiger partial charge in [-0.3, -0.25) is 9.59 Å². The van der Waals surface area contributed by atoms with Crippen molar-refractivity contribution in [2.24, 2.45) is 0 Å². The third kappa shape index (κ3) is 5.90. The largest absolute Gasteiger partial charge is 0.480 e. The minimum absolute atomic E-state index is 0.0592. The second-order valence-corrected chi connectivity index (χ2v) is 4.51. The Balaban J connectivity index is 2.69. The normalized spacial score (nSPS) is 10.1. The molecule has 0 fully saturated rings. The summed E-state index contributed by atoms with van der Waals surface area (Å²) < 4.78 is 4.82. The number of aliphatic carboxylic acids is 1. The van der Waals surface area contributed by atoms with Gasteiger partial charge in [0.05, 0.1) is 13.2 Å². The molecule has 0 aliphatic rings. The molecule has 0 saturated heterocycles. The zero-order chi connectivity index (χ0) is 15.0. The van der Waals surface area contributed by atoms with Crippen molar-refractivity contribution in [1.29, 1.82) is 0 Å². The Kier molecular flexibility index (Phi) is 6.83. The number of carbonyl (C=O) groups is 2. The topological polar surface area (TPSA) is 78.9 Å². The first-order valence-electron chi connectivity index (χ1n) is 6.01. The standard InChI is InChI=1S/C13H17ClN2O4/c1-20-6-5-15-12(17)8-16(9-13(18)19)11-4-2-3-10(14)7-11/h2-4,7H,5-6,8-9H2,1H3,(H,15,17)(H,18,19). The van der Waals surface area contributed by atoms with E-state index in [9.17, 15) is 9.59 Å². The molecular formula is C13H17ClN2O4. The molecule has 7 heteroatoms. The molecule has 6 nitrogen and oxygen atoms in total. The summed E-state index contributed by atoms with van der Waals surface area (Å²) in [6.07, 6.45) is 0. The first kappa shape index (κ1) is 16.3. The number of hydrogen-bond acceptors (Lipinski definition) is 4. The Hall–Kier alpha value is -1.79. The van der Waals surface area contributed by atoms with E-state index in [1.165, 1.54) is 12.0 Å². The van der Waals surface area contributed by atoms with Crippen LogP contribution < -0.4 is 10.2 Å². The van der Waals surface area contributed by atoms with E-state index in [1.54, 1.807) is 24.3 Å². The predicted octanol–water partition coefficient (Wildman–Crippen LogP) is 0.994. The van der Waals surface area contributed by atoms with Crippen LogP contribution in [0.3, 0.4) is 0 Å². The summed E-state index contributed by atoms with van der Waals surface area (Å²) in [4.78, 5) is 24.1. The zero-order valence-electron chi connectivity index (χ0n) is 11.1. The molecule has 0 heterocycles. The van der Waals surface area contributed by atoms with Crippen LogP contribution in [0.4, 0.5) is 5.69 Å². The molecule has 0 aliphatic heterocycles. The van der Waals surface area contributed by atoms with Gasteiger partial charge in [0.25, 0.3) is 0 Å². The number of carboxylic acids is 1. The minimum Gasteiger partial charge on any atom is -0.480 e. The number of carbonyl (C=O) groups excluding carboxylic acids is 1. The minimum atomic E-state index is -1.02. The smallest absolute Gasteiger partial charge is 0.323 e. The number of benzene rings is 1. The molecule has 2 N–H and O–H groups in total. The second-order valence-electron chi connectivity index (χ2n) is 4.07. The average molecular weight is 301 g/mol. The molecule has 0 unspecified atom stereocenters. The Morgan fingerprint density at radius 3 is 2.75 bits per heavy atom. The fourth-order valence-corrected chi connectivity index (χ4v) is 1.78. The van der Waals surface area contributed by atoms with Crippen molar-refractivity contribution < 1.29 is 19.4 Å². The van der Waals surface area contributed by atoms with Gasteiger partial charge in [-0.05, 0) is 18.2 Å². The maximum atomic E-state index is 11.7. The fourth-order valence-electron chi connectivity index (χ4n) is 1.60. The average Bonchev–Trinajstić information content (AvgIpc) is 2.38. The van der Waals surface area contributed by atoms with Crippen LogP contribution in [0, 0.1) is 0 Å². The van der Waals surface area contributed by atoms with E-state index in [1.807, 2.05) is 0 Å². The highest BCUT2D eigenvalue weighted by atomic mass is 35.5. The van der Waals surface area contributed by atoms with Gasteiger partial charge >= 0.3 is 5.97 Å². The van der Waals surface area contributed by atoms with Gasteiger partial charge in [-0.2, -0.15) is 0 Å². The number of ether oxygens (including phenoxy) is 1. The Morgan fingerprint density at radius 1 is 1.40 bits per heavy atom. The van der Waals surface area contributed by atoms with Gasteiger partial charge in [-0.25, -0.2) is 0 Å². The number of nitrogens with one attached hydrogen (secondary N) is 1. The highest BCUT2D eigenvalue weighted by Crippen LogP contribution is 2.19. The van der Waals surface area contributed by atoms with E-state index in [2.05, 4.69) is 5.32 Å². The predicted molar refractivity (Wildman–Crippen MR) is 76.2 cm³/mol. The first-order valence-corrected chi connectivity index (χ1v) is 6.38. The van der Waals surface area contributed by atoms with Gasteiger partial charge in [-0.1, -0.05) is 17.7 Å². The van der Waals surface area contributed by atoms with E-state index >= 15 is 0 Å². The number of hydrogen-bond donors (Lipinski definition) is 2. The monoisotopic (exact) mass is 300 g/mol. The molecule has 0 spiro atoms. The van der Waals surface area contributed by atoms with Crippen molar-refractivity contribution >= 4 is 29.2 Å². The number of carboxylic acid groups (broad SMARTS) is 1. The molecule has 1 amide bonds. The lowest BCUT2D eigenvalue weighted by Gasteiger charge is -2.22. The van der Waals surface area contributed by atoms with Crippen molar-refractivity contribution in [1.82, 2.24) is 5.32 Å². The lowest BCUT2D eigenvalue weighted by molar-refractivity contribution is -0.135. The van der Waals surface area contributed by atoms with E-state index in [4.69, 9.17) is 21.4 Å². The number of rotatable bonds is 8. The molecule has 0 radical (unpaired) electrons. The first-order chi connectivity index (χ1) is 9.52. The number of methoxy groups -OCH3 is 1.